The van der Waals surface area contributed by atoms with E-state index in [0.29, 0.717) is 6.54 Å². The third kappa shape index (κ3) is 4.24. The van der Waals surface area contributed by atoms with Gasteiger partial charge in [0.25, 0.3) is 5.91 Å². The SMILES string of the molecule is O=C(c1ccc(N2CCCC2)cc1)N1CCCC(Nc2ccc(F)cc2)C1. The molecule has 2 aromatic carbocycles. The van der Waals surface area contributed by atoms with Crippen molar-refractivity contribution < 1.29 is 9.18 Å². The Labute approximate surface area is 160 Å². The standard InChI is InChI=1S/C22H26FN3O/c23-18-7-9-19(10-8-18)24-20-4-3-15-26(16-20)22(27)17-5-11-21(12-6-17)25-13-1-2-14-25/h5-12,20,24H,1-4,13-16H2. The molecule has 0 saturated carbocycles. The van der Waals surface area contributed by atoms with E-state index >= 15 is 0 Å². The highest BCUT2D eigenvalue weighted by Gasteiger charge is 2.24. The van der Waals surface area contributed by atoms with Crippen molar-refractivity contribution in [3.63, 3.8) is 0 Å². The van der Waals surface area contributed by atoms with E-state index in [4.69, 9.17) is 0 Å². The van der Waals surface area contributed by atoms with Crippen molar-refractivity contribution in [2.24, 2.45) is 0 Å². The number of hydrogen-bond donors (Lipinski definition) is 1. The van der Waals surface area contributed by atoms with Crippen LogP contribution in [0.5, 0.6) is 0 Å². The second-order valence-electron chi connectivity index (χ2n) is 7.48. The Bertz CT molecular complexity index is 769. The lowest BCUT2D eigenvalue weighted by Gasteiger charge is -2.34. The average molecular weight is 367 g/mol. The maximum atomic E-state index is 13.1. The van der Waals surface area contributed by atoms with Crippen LogP contribution in [0.3, 0.4) is 0 Å². The van der Waals surface area contributed by atoms with Crippen LogP contribution in [-0.4, -0.2) is 43.0 Å². The zero-order valence-electron chi connectivity index (χ0n) is 15.5. The molecule has 0 aliphatic carbocycles. The fraction of sp³-hybridized carbons (Fsp3) is 0.409. The normalized spacial score (nSPS) is 20.0. The van der Waals surface area contributed by atoms with Gasteiger partial charge in [0.2, 0.25) is 0 Å². The number of carbonyl (C=O) groups excluding carboxylic acids is 1. The predicted molar refractivity (Wildman–Crippen MR) is 107 cm³/mol. The molecule has 2 fully saturated rings. The number of piperidine rings is 1. The number of hydrogen-bond acceptors (Lipinski definition) is 3. The lowest BCUT2D eigenvalue weighted by Crippen LogP contribution is -2.45. The number of anilines is 2. The summed E-state index contributed by atoms with van der Waals surface area (Å²) in [4.78, 5) is 17.2. The van der Waals surface area contributed by atoms with Crippen LogP contribution in [-0.2, 0) is 0 Å². The first-order valence-electron chi connectivity index (χ1n) is 9.85. The summed E-state index contributed by atoms with van der Waals surface area (Å²) in [5.74, 6) is -0.146. The highest BCUT2D eigenvalue weighted by atomic mass is 19.1. The van der Waals surface area contributed by atoms with E-state index < -0.39 is 0 Å². The summed E-state index contributed by atoms with van der Waals surface area (Å²) in [6, 6.07) is 14.6. The number of nitrogens with one attached hydrogen (secondary N) is 1. The number of rotatable bonds is 4. The lowest BCUT2D eigenvalue weighted by atomic mass is 10.0. The lowest BCUT2D eigenvalue weighted by molar-refractivity contribution is 0.0715. The van der Waals surface area contributed by atoms with Crippen molar-refractivity contribution in [2.45, 2.75) is 31.7 Å². The van der Waals surface area contributed by atoms with E-state index in [0.717, 1.165) is 43.7 Å². The molecule has 5 heteroatoms. The summed E-state index contributed by atoms with van der Waals surface area (Å²) < 4.78 is 13.1. The molecule has 4 rings (SSSR count). The first-order valence-corrected chi connectivity index (χ1v) is 9.85. The van der Waals surface area contributed by atoms with Gasteiger partial charge in [-0.05, 0) is 74.2 Å². The number of nitrogens with zero attached hydrogens (tertiary/aromatic N) is 2. The largest absolute Gasteiger partial charge is 0.381 e. The first-order chi connectivity index (χ1) is 13.2. The van der Waals surface area contributed by atoms with Crippen molar-refractivity contribution >= 4 is 17.3 Å². The van der Waals surface area contributed by atoms with E-state index in [1.807, 2.05) is 17.0 Å². The van der Waals surface area contributed by atoms with Crippen molar-refractivity contribution in [3.8, 4) is 0 Å². The minimum Gasteiger partial charge on any atom is -0.381 e. The molecule has 1 unspecified atom stereocenters. The molecule has 0 aromatic heterocycles. The van der Waals surface area contributed by atoms with Crippen molar-refractivity contribution in [3.05, 3.63) is 59.9 Å². The predicted octanol–water partition coefficient (Wildman–Crippen LogP) is 4.14. The monoisotopic (exact) mass is 367 g/mol. The zero-order valence-corrected chi connectivity index (χ0v) is 15.5. The van der Waals surface area contributed by atoms with Gasteiger partial charge in [0.1, 0.15) is 5.82 Å². The van der Waals surface area contributed by atoms with Crippen molar-refractivity contribution in [1.29, 1.82) is 0 Å². The first kappa shape index (κ1) is 17.8. The van der Waals surface area contributed by atoms with Gasteiger partial charge in [-0.1, -0.05) is 0 Å². The summed E-state index contributed by atoms with van der Waals surface area (Å²) in [5.41, 5.74) is 2.85. The number of benzene rings is 2. The zero-order chi connectivity index (χ0) is 18.6. The van der Waals surface area contributed by atoms with Gasteiger partial charge in [-0.3, -0.25) is 4.79 Å². The Kier molecular flexibility index (Phi) is 5.28. The minimum absolute atomic E-state index is 0.0913. The summed E-state index contributed by atoms with van der Waals surface area (Å²) in [5, 5.41) is 3.42. The van der Waals surface area contributed by atoms with E-state index in [2.05, 4.69) is 22.3 Å². The molecule has 1 amide bonds. The molecule has 2 aromatic rings. The quantitative estimate of drug-likeness (QED) is 0.882. The van der Waals surface area contributed by atoms with Crippen LogP contribution in [0.4, 0.5) is 15.8 Å². The van der Waals surface area contributed by atoms with E-state index in [1.165, 1.54) is 30.7 Å². The molecule has 4 nitrogen and oxygen atoms in total. The summed E-state index contributed by atoms with van der Waals surface area (Å²) >= 11 is 0. The van der Waals surface area contributed by atoms with Crippen LogP contribution >= 0.6 is 0 Å². The molecule has 0 radical (unpaired) electrons. The minimum atomic E-state index is -0.238. The third-order valence-corrected chi connectivity index (χ3v) is 5.51. The second kappa shape index (κ2) is 7.99. The summed E-state index contributed by atoms with van der Waals surface area (Å²) in [7, 11) is 0. The molecular formula is C22H26FN3O. The number of amides is 1. The van der Waals surface area contributed by atoms with Gasteiger partial charge in [0, 0.05) is 49.2 Å². The molecular weight excluding hydrogens is 341 g/mol. The summed E-state index contributed by atoms with van der Waals surface area (Å²) in [6.07, 6.45) is 4.47. The Morgan fingerprint density at radius 2 is 1.63 bits per heavy atom. The molecule has 1 atom stereocenters. The van der Waals surface area contributed by atoms with Gasteiger partial charge in [0.05, 0.1) is 0 Å². The van der Waals surface area contributed by atoms with Gasteiger partial charge < -0.3 is 15.1 Å². The molecule has 2 aliphatic heterocycles. The Hall–Kier alpha value is -2.56. The van der Waals surface area contributed by atoms with Crippen LogP contribution in [0, 0.1) is 5.82 Å². The molecule has 27 heavy (non-hydrogen) atoms. The Morgan fingerprint density at radius 1 is 0.926 bits per heavy atom. The van der Waals surface area contributed by atoms with Crippen LogP contribution in [0.2, 0.25) is 0 Å². The molecule has 142 valence electrons. The molecule has 0 bridgehead atoms. The molecule has 2 aliphatic rings. The third-order valence-electron chi connectivity index (χ3n) is 5.51. The molecule has 1 N–H and O–H groups in total. The van der Waals surface area contributed by atoms with Gasteiger partial charge in [-0.25, -0.2) is 4.39 Å². The van der Waals surface area contributed by atoms with E-state index in [1.54, 1.807) is 12.1 Å². The fourth-order valence-electron chi connectivity index (χ4n) is 4.03. The van der Waals surface area contributed by atoms with Gasteiger partial charge >= 0.3 is 0 Å². The highest BCUT2D eigenvalue weighted by Crippen LogP contribution is 2.22. The van der Waals surface area contributed by atoms with Gasteiger partial charge in [0.15, 0.2) is 0 Å². The van der Waals surface area contributed by atoms with Gasteiger partial charge in [-0.15, -0.1) is 0 Å². The topological polar surface area (TPSA) is 35.6 Å². The van der Waals surface area contributed by atoms with Crippen molar-refractivity contribution in [1.82, 2.24) is 4.90 Å². The van der Waals surface area contributed by atoms with Crippen molar-refractivity contribution in [2.75, 3.05) is 36.4 Å². The number of carbonyl (C=O) groups is 1. The van der Waals surface area contributed by atoms with Gasteiger partial charge in [-0.2, -0.15) is 0 Å². The van der Waals surface area contributed by atoms with Crippen LogP contribution < -0.4 is 10.2 Å². The molecule has 2 saturated heterocycles. The van der Waals surface area contributed by atoms with Crippen LogP contribution in [0.25, 0.3) is 0 Å². The van der Waals surface area contributed by atoms with Crippen LogP contribution in [0.1, 0.15) is 36.0 Å². The Balaban J connectivity index is 1.38. The maximum absolute atomic E-state index is 13.1. The van der Waals surface area contributed by atoms with Crippen LogP contribution in [0.15, 0.2) is 48.5 Å². The molecule has 0 spiro atoms. The fourth-order valence-corrected chi connectivity index (χ4v) is 4.03. The number of likely N-dealkylation sites (tertiary alicyclic amines) is 1. The number of halogens is 1. The van der Waals surface area contributed by atoms with E-state index in [9.17, 15) is 9.18 Å². The summed E-state index contributed by atoms with van der Waals surface area (Å²) in [6.45, 7) is 3.67. The highest BCUT2D eigenvalue weighted by molar-refractivity contribution is 5.94. The molecule has 2 heterocycles. The average Bonchev–Trinajstić information content (AvgIpc) is 3.24. The second-order valence-corrected chi connectivity index (χ2v) is 7.48. The maximum Gasteiger partial charge on any atom is 0.253 e. The van der Waals surface area contributed by atoms with E-state index in [-0.39, 0.29) is 17.8 Å². The Morgan fingerprint density at radius 3 is 2.33 bits per heavy atom. The smallest absolute Gasteiger partial charge is 0.253 e.